The number of amides is 1. The van der Waals surface area contributed by atoms with E-state index in [9.17, 15) is 4.79 Å². The van der Waals surface area contributed by atoms with Gasteiger partial charge in [-0.05, 0) is 38.1 Å². The van der Waals surface area contributed by atoms with Crippen LogP contribution in [0.25, 0.3) is 5.69 Å². The van der Waals surface area contributed by atoms with Crippen LogP contribution in [0.5, 0.6) is 0 Å². The van der Waals surface area contributed by atoms with Crippen molar-refractivity contribution in [3.63, 3.8) is 0 Å². The third-order valence-corrected chi connectivity index (χ3v) is 3.97. The molecule has 0 aliphatic rings. The molecule has 0 bridgehead atoms. The molecule has 0 saturated carbocycles. The molecule has 1 unspecified atom stereocenters. The first-order valence-electron chi connectivity index (χ1n) is 7.58. The molecule has 0 spiro atoms. The minimum atomic E-state index is -0.288. The molecule has 0 saturated heterocycles. The number of halogens is 1. The normalized spacial score (nSPS) is 12.1. The van der Waals surface area contributed by atoms with Gasteiger partial charge < -0.3 is 5.32 Å². The van der Waals surface area contributed by atoms with Crippen molar-refractivity contribution in [1.29, 1.82) is 0 Å². The zero-order valence-electron chi connectivity index (χ0n) is 13.3. The molecule has 1 atom stereocenters. The van der Waals surface area contributed by atoms with Gasteiger partial charge in [-0.2, -0.15) is 10.2 Å². The van der Waals surface area contributed by atoms with Gasteiger partial charge in [-0.15, -0.1) is 0 Å². The van der Waals surface area contributed by atoms with E-state index in [4.69, 9.17) is 11.6 Å². The van der Waals surface area contributed by atoms with Crippen molar-refractivity contribution in [1.82, 2.24) is 29.9 Å². The van der Waals surface area contributed by atoms with Gasteiger partial charge >= 0.3 is 0 Å². The van der Waals surface area contributed by atoms with Gasteiger partial charge in [0.1, 0.15) is 12.2 Å². The van der Waals surface area contributed by atoms with E-state index in [-0.39, 0.29) is 11.9 Å². The predicted octanol–water partition coefficient (Wildman–Crippen LogP) is 2.63. The number of benzene rings is 1. The van der Waals surface area contributed by atoms with Crippen LogP contribution in [0.2, 0.25) is 5.02 Å². The van der Waals surface area contributed by atoms with Crippen molar-refractivity contribution in [2.75, 3.05) is 0 Å². The lowest BCUT2D eigenvalue weighted by Crippen LogP contribution is -2.29. The molecule has 0 fully saturated rings. The maximum Gasteiger partial charge on any atom is 0.253 e. The van der Waals surface area contributed by atoms with Crippen LogP contribution >= 0.6 is 11.6 Å². The van der Waals surface area contributed by atoms with Crippen LogP contribution in [0.4, 0.5) is 0 Å². The molecule has 8 heteroatoms. The first-order valence-corrected chi connectivity index (χ1v) is 7.96. The minimum absolute atomic E-state index is 0.271. The van der Waals surface area contributed by atoms with E-state index in [1.807, 2.05) is 26.0 Å². The van der Waals surface area contributed by atoms with Crippen LogP contribution in [0.3, 0.4) is 0 Å². The predicted molar refractivity (Wildman–Crippen MR) is 90.2 cm³/mol. The molecule has 0 aliphatic heterocycles. The average Bonchev–Trinajstić information content (AvgIpc) is 3.26. The fourth-order valence-corrected chi connectivity index (χ4v) is 2.65. The Bertz CT molecular complexity index is 842. The van der Waals surface area contributed by atoms with Gasteiger partial charge in [0.2, 0.25) is 0 Å². The van der Waals surface area contributed by atoms with E-state index in [0.717, 1.165) is 5.69 Å². The van der Waals surface area contributed by atoms with Crippen LogP contribution in [-0.2, 0) is 6.54 Å². The molecule has 1 amide bonds. The molecule has 24 heavy (non-hydrogen) atoms. The van der Waals surface area contributed by atoms with Crippen molar-refractivity contribution < 1.29 is 4.79 Å². The quantitative estimate of drug-likeness (QED) is 0.771. The number of rotatable bonds is 5. The van der Waals surface area contributed by atoms with Gasteiger partial charge in [-0.25, -0.2) is 14.3 Å². The summed E-state index contributed by atoms with van der Waals surface area (Å²) in [5.74, 6) is 0.428. The molecule has 2 aromatic heterocycles. The zero-order chi connectivity index (χ0) is 17.1. The second-order valence-electron chi connectivity index (χ2n) is 5.24. The van der Waals surface area contributed by atoms with Crippen LogP contribution in [0.15, 0.2) is 43.0 Å². The number of nitrogens with zero attached hydrogens (tertiary/aromatic N) is 5. The Morgan fingerprint density at radius 3 is 2.92 bits per heavy atom. The number of aromatic nitrogens is 5. The Labute approximate surface area is 144 Å². The van der Waals surface area contributed by atoms with E-state index in [1.165, 1.54) is 6.33 Å². The van der Waals surface area contributed by atoms with Crippen molar-refractivity contribution >= 4 is 17.5 Å². The summed E-state index contributed by atoms with van der Waals surface area (Å²) in [6, 6.07) is 6.73. The van der Waals surface area contributed by atoms with E-state index in [1.54, 1.807) is 33.9 Å². The van der Waals surface area contributed by atoms with Gasteiger partial charge in [-0.3, -0.25) is 4.79 Å². The fourth-order valence-electron chi connectivity index (χ4n) is 2.44. The van der Waals surface area contributed by atoms with Gasteiger partial charge in [0, 0.05) is 18.9 Å². The summed E-state index contributed by atoms with van der Waals surface area (Å²) in [6.45, 7) is 4.52. The molecule has 1 N–H and O–H groups in total. The average molecular weight is 345 g/mol. The van der Waals surface area contributed by atoms with Gasteiger partial charge in [0.15, 0.2) is 0 Å². The summed E-state index contributed by atoms with van der Waals surface area (Å²) in [6.07, 6.45) is 4.96. The molecular formula is C16H17ClN6O. The Balaban J connectivity index is 1.83. The van der Waals surface area contributed by atoms with E-state index in [0.29, 0.717) is 23.0 Å². The van der Waals surface area contributed by atoms with Crippen LogP contribution < -0.4 is 5.32 Å². The third kappa shape index (κ3) is 3.16. The lowest BCUT2D eigenvalue weighted by Gasteiger charge is -2.15. The monoisotopic (exact) mass is 344 g/mol. The molecule has 124 valence electrons. The maximum atomic E-state index is 12.6. The van der Waals surface area contributed by atoms with Gasteiger partial charge in [0.05, 0.1) is 22.3 Å². The van der Waals surface area contributed by atoms with Crippen molar-refractivity contribution in [3.05, 3.63) is 59.4 Å². The lowest BCUT2D eigenvalue weighted by atomic mass is 10.1. The molecular weight excluding hydrogens is 328 g/mol. The molecule has 2 heterocycles. The first-order chi connectivity index (χ1) is 11.6. The van der Waals surface area contributed by atoms with Crippen LogP contribution in [0, 0.1) is 0 Å². The number of aryl methyl sites for hydroxylation is 1. The molecule has 0 aliphatic carbocycles. The lowest BCUT2D eigenvalue weighted by molar-refractivity contribution is 0.0937. The largest absolute Gasteiger partial charge is 0.342 e. The Morgan fingerprint density at radius 1 is 1.38 bits per heavy atom. The van der Waals surface area contributed by atoms with Crippen molar-refractivity contribution in [2.24, 2.45) is 0 Å². The smallest absolute Gasteiger partial charge is 0.253 e. The third-order valence-electron chi connectivity index (χ3n) is 3.64. The van der Waals surface area contributed by atoms with E-state index < -0.39 is 0 Å². The van der Waals surface area contributed by atoms with Crippen molar-refractivity contribution in [2.45, 2.75) is 26.4 Å². The summed E-state index contributed by atoms with van der Waals surface area (Å²) in [4.78, 5) is 16.8. The molecule has 1 aromatic carbocycles. The molecule has 3 aromatic rings. The number of carbonyl (C=O) groups is 1. The van der Waals surface area contributed by atoms with E-state index in [2.05, 4.69) is 20.5 Å². The Kier molecular flexibility index (Phi) is 4.61. The topological polar surface area (TPSA) is 77.6 Å². The fraction of sp³-hybridized carbons (Fsp3) is 0.250. The van der Waals surface area contributed by atoms with Crippen molar-refractivity contribution in [3.8, 4) is 5.69 Å². The second kappa shape index (κ2) is 6.84. The number of hydrogen-bond acceptors (Lipinski definition) is 4. The summed E-state index contributed by atoms with van der Waals surface area (Å²) >= 11 is 6.20. The zero-order valence-corrected chi connectivity index (χ0v) is 14.1. The highest BCUT2D eigenvalue weighted by molar-refractivity contribution is 6.33. The Hall–Kier alpha value is -2.67. The number of hydrogen-bond donors (Lipinski definition) is 1. The number of nitrogens with one attached hydrogen (secondary N) is 1. The maximum absolute atomic E-state index is 12.6. The summed E-state index contributed by atoms with van der Waals surface area (Å²) in [5, 5.41) is 11.6. The summed E-state index contributed by atoms with van der Waals surface area (Å²) in [5.41, 5.74) is 1.15. The number of carbonyl (C=O) groups excluding carboxylic acids is 1. The molecule has 3 rings (SSSR count). The van der Waals surface area contributed by atoms with Crippen LogP contribution in [0.1, 0.15) is 36.1 Å². The highest BCUT2D eigenvalue weighted by Gasteiger charge is 2.18. The second-order valence-corrected chi connectivity index (χ2v) is 5.65. The van der Waals surface area contributed by atoms with Gasteiger partial charge in [-0.1, -0.05) is 11.6 Å². The van der Waals surface area contributed by atoms with Gasteiger partial charge in [0.25, 0.3) is 5.91 Å². The molecule has 7 nitrogen and oxygen atoms in total. The van der Waals surface area contributed by atoms with E-state index >= 15 is 0 Å². The first kappa shape index (κ1) is 16.2. The SMILES string of the molecule is CCn1ncnc1C(C)NC(=O)c1cc(-n2cccn2)ccc1Cl. The molecule has 0 radical (unpaired) electrons. The Morgan fingerprint density at radius 2 is 2.21 bits per heavy atom. The minimum Gasteiger partial charge on any atom is -0.342 e. The standard InChI is InChI=1S/C16H17ClN6O/c1-3-22-15(18-10-20-22)11(2)21-16(24)13-9-12(5-6-14(13)17)23-8-4-7-19-23/h4-11H,3H2,1-2H3,(H,21,24). The highest BCUT2D eigenvalue weighted by atomic mass is 35.5. The summed E-state index contributed by atoms with van der Waals surface area (Å²) < 4.78 is 3.41. The van der Waals surface area contributed by atoms with Crippen LogP contribution in [-0.4, -0.2) is 30.5 Å². The highest BCUT2D eigenvalue weighted by Crippen LogP contribution is 2.21. The summed E-state index contributed by atoms with van der Waals surface area (Å²) in [7, 11) is 0.